The molecule has 8 nitrogen and oxygen atoms in total. The van der Waals surface area contributed by atoms with Crippen LogP contribution in [0.2, 0.25) is 0 Å². The molecule has 1 unspecified atom stereocenters. The highest BCUT2D eigenvalue weighted by Crippen LogP contribution is 2.46. The smallest absolute Gasteiger partial charge is 0.268 e. The number of anilines is 1. The Balaban J connectivity index is 1.42. The highest BCUT2D eigenvalue weighted by atomic mass is 19.1. The van der Waals surface area contributed by atoms with Gasteiger partial charge in [-0.15, -0.1) is 0 Å². The van der Waals surface area contributed by atoms with Crippen LogP contribution in [-0.4, -0.2) is 46.2 Å². The fourth-order valence-corrected chi connectivity index (χ4v) is 5.36. The van der Waals surface area contributed by atoms with Crippen molar-refractivity contribution in [2.45, 2.75) is 44.2 Å². The first-order valence-corrected chi connectivity index (χ1v) is 11.9. The van der Waals surface area contributed by atoms with Crippen LogP contribution >= 0.6 is 0 Å². The van der Waals surface area contributed by atoms with E-state index in [0.717, 1.165) is 5.56 Å². The molecule has 1 spiro atoms. The Morgan fingerprint density at radius 1 is 1.25 bits per heavy atom. The standard InChI is InChI=1S/C27H26FN5O3/c1-15(2)10-23(31-24(34)22-11-17-19(28)7-5-9-20(17)30-22)25(35)33-14-27(12-16(33)13-29)18-6-3-4-8-21(18)32-26(27)36/h3-9,11,15-16,23,30H,10,12,14H2,1-2H3,(H,31,34)(H,32,36)/t16-,23?,27-/m0/s1. The van der Waals surface area contributed by atoms with E-state index in [-0.39, 0.29) is 35.9 Å². The van der Waals surface area contributed by atoms with Gasteiger partial charge in [-0.3, -0.25) is 14.4 Å². The fourth-order valence-electron chi connectivity index (χ4n) is 5.36. The van der Waals surface area contributed by atoms with Gasteiger partial charge in [0.15, 0.2) is 0 Å². The summed E-state index contributed by atoms with van der Waals surface area (Å²) in [5.74, 6) is -1.58. The first kappa shape index (κ1) is 23.5. The fraction of sp³-hybridized carbons (Fsp3) is 0.333. The number of nitrogens with zero attached hydrogens (tertiary/aromatic N) is 2. The Hall–Kier alpha value is -4.19. The molecule has 1 aromatic heterocycles. The van der Waals surface area contributed by atoms with Gasteiger partial charge in [0, 0.05) is 29.6 Å². The minimum atomic E-state index is -1.01. The first-order valence-electron chi connectivity index (χ1n) is 11.9. The maximum Gasteiger partial charge on any atom is 0.268 e. The van der Waals surface area contributed by atoms with Crippen LogP contribution in [0.15, 0.2) is 48.5 Å². The van der Waals surface area contributed by atoms with Gasteiger partial charge in [0.1, 0.15) is 23.6 Å². The van der Waals surface area contributed by atoms with Crippen molar-refractivity contribution >= 4 is 34.3 Å². The molecular formula is C27H26FN5O3. The van der Waals surface area contributed by atoms with Crippen LogP contribution in [0.25, 0.3) is 10.9 Å². The Kier molecular flexibility index (Phi) is 5.75. The quantitative estimate of drug-likeness (QED) is 0.511. The molecule has 0 aliphatic carbocycles. The lowest BCUT2D eigenvalue weighted by molar-refractivity contribution is -0.134. The van der Waals surface area contributed by atoms with Crippen LogP contribution in [0.4, 0.5) is 10.1 Å². The molecule has 3 amide bonds. The molecule has 5 rings (SSSR count). The van der Waals surface area contributed by atoms with E-state index in [1.54, 1.807) is 18.2 Å². The molecule has 3 aromatic rings. The van der Waals surface area contributed by atoms with E-state index in [2.05, 4.69) is 21.7 Å². The van der Waals surface area contributed by atoms with Crippen molar-refractivity contribution in [2.24, 2.45) is 5.92 Å². The summed E-state index contributed by atoms with van der Waals surface area (Å²) >= 11 is 0. The minimum Gasteiger partial charge on any atom is -0.350 e. The Morgan fingerprint density at radius 3 is 2.75 bits per heavy atom. The van der Waals surface area contributed by atoms with E-state index in [1.165, 1.54) is 17.0 Å². The van der Waals surface area contributed by atoms with Gasteiger partial charge in [-0.25, -0.2) is 4.39 Å². The maximum atomic E-state index is 14.1. The van der Waals surface area contributed by atoms with Crippen LogP contribution in [0.1, 0.15) is 42.7 Å². The van der Waals surface area contributed by atoms with Crippen molar-refractivity contribution < 1.29 is 18.8 Å². The van der Waals surface area contributed by atoms with Crippen LogP contribution in [0, 0.1) is 23.1 Å². The number of carbonyl (C=O) groups is 3. The molecule has 36 heavy (non-hydrogen) atoms. The number of amides is 3. The molecule has 1 fully saturated rings. The molecular weight excluding hydrogens is 461 g/mol. The molecule has 184 valence electrons. The SMILES string of the molecule is CC(C)CC(NC(=O)c1cc2c(F)cccc2[nH]1)C(=O)N1C[C@]2(C[C@H]1C#N)C(=O)Nc1ccccc12. The van der Waals surface area contributed by atoms with E-state index < -0.39 is 35.1 Å². The van der Waals surface area contributed by atoms with E-state index >= 15 is 0 Å². The molecule has 3 atom stereocenters. The number of hydrogen-bond acceptors (Lipinski definition) is 4. The van der Waals surface area contributed by atoms with Crippen LogP contribution in [0.3, 0.4) is 0 Å². The molecule has 2 aliphatic rings. The average Bonchev–Trinajstić information content (AvgIpc) is 3.53. The zero-order chi connectivity index (χ0) is 25.6. The molecule has 0 radical (unpaired) electrons. The average molecular weight is 488 g/mol. The lowest BCUT2D eigenvalue weighted by Crippen LogP contribution is -2.51. The lowest BCUT2D eigenvalue weighted by atomic mass is 9.80. The summed E-state index contributed by atoms with van der Waals surface area (Å²) in [6.45, 7) is 3.91. The van der Waals surface area contributed by atoms with Gasteiger partial charge in [-0.05, 0) is 42.2 Å². The first-order chi connectivity index (χ1) is 17.2. The van der Waals surface area contributed by atoms with Gasteiger partial charge in [-0.1, -0.05) is 38.1 Å². The summed E-state index contributed by atoms with van der Waals surface area (Å²) in [6.07, 6.45) is 0.519. The summed E-state index contributed by atoms with van der Waals surface area (Å²) in [7, 11) is 0. The number of H-pyrrole nitrogens is 1. The third-order valence-corrected chi connectivity index (χ3v) is 7.08. The van der Waals surface area contributed by atoms with Gasteiger partial charge in [-0.2, -0.15) is 5.26 Å². The number of para-hydroxylation sites is 1. The number of halogens is 1. The van der Waals surface area contributed by atoms with Crippen molar-refractivity contribution in [2.75, 3.05) is 11.9 Å². The van der Waals surface area contributed by atoms with Crippen LogP contribution in [0.5, 0.6) is 0 Å². The van der Waals surface area contributed by atoms with E-state index in [0.29, 0.717) is 17.6 Å². The minimum absolute atomic E-state index is 0.0506. The van der Waals surface area contributed by atoms with Crippen molar-refractivity contribution in [3.63, 3.8) is 0 Å². The van der Waals surface area contributed by atoms with Crippen LogP contribution in [-0.2, 0) is 15.0 Å². The van der Waals surface area contributed by atoms with Gasteiger partial charge in [0.05, 0.1) is 11.5 Å². The Labute approximate surface area is 207 Å². The Morgan fingerprint density at radius 2 is 2.03 bits per heavy atom. The molecule has 2 aliphatic heterocycles. The number of likely N-dealkylation sites (tertiary alicyclic amines) is 1. The summed E-state index contributed by atoms with van der Waals surface area (Å²) in [4.78, 5) is 44.2. The van der Waals surface area contributed by atoms with Crippen molar-refractivity contribution in [1.29, 1.82) is 5.26 Å². The number of aromatic amines is 1. The van der Waals surface area contributed by atoms with Gasteiger partial charge < -0.3 is 20.5 Å². The normalized spacial score (nSPS) is 21.5. The van der Waals surface area contributed by atoms with Gasteiger partial charge in [0.2, 0.25) is 11.8 Å². The van der Waals surface area contributed by atoms with E-state index in [9.17, 15) is 24.0 Å². The zero-order valence-electron chi connectivity index (χ0n) is 20.0. The maximum absolute atomic E-state index is 14.1. The molecule has 0 saturated carbocycles. The number of rotatable bonds is 5. The van der Waals surface area contributed by atoms with Gasteiger partial charge in [0.25, 0.3) is 5.91 Å². The molecule has 0 bridgehead atoms. The molecule has 3 N–H and O–H groups in total. The summed E-state index contributed by atoms with van der Waals surface area (Å²) < 4.78 is 14.1. The third-order valence-electron chi connectivity index (χ3n) is 7.08. The predicted molar refractivity (Wildman–Crippen MR) is 131 cm³/mol. The number of nitrogens with one attached hydrogen (secondary N) is 3. The number of carbonyl (C=O) groups excluding carboxylic acids is 3. The number of fused-ring (bicyclic) bond motifs is 3. The molecule has 3 heterocycles. The van der Waals surface area contributed by atoms with Crippen molar-refractivity contribution in [1.82, 2.24) is 15.2 Å². The molecule has 1 saturated heterocycles. The van der Waals surface area contributed by atoms with Gasteiger partial charge >= 0.3 is 0 Å². The second-order valence-electron chi connectivity index (χ2n) is 9.94. The summed E-state index contributed by atoms with van der Waals surface area (Å²) in [5.41, 5.74) is 1.06. The summed E-state index contributed by atoms with van der Waals surface area (Å²) in [6, 6.07) is 13.7. The van der Waals surface area contributed by atoms with Crippen LogP contribution < -0.4 is 10.6 Å². The number of hydrogen-bond donors (Lipinski definition) is 3. The highest BCUT2D eigenvalue weighted by Gasteiger charge is 2.56. The second-order valence-corrected chi connectivity index (χ2v) is 9.94. The van der Waals surface area contributed by atoms with Crippen molar-refractivity contribution in [3.8, 4) is 6.07 Å². The summed E-state index contributed by atoms with van der Waals surface area (Å²) in [5, 5.41) is 15.8. The van der Waals surface area contributed by atoms with E-state index in [1.807, 2.05) is 32.0 Å². The zero-order valence-corrected chi connectivity index (χ0v) is 20.0. The van der Waals surface area contributed by atoms with E-state index in [4.69, 9.17) is 0 Å². The molecule has 9 heteroatoms. The number of benzene rings is 2. The van der Waals surface area contributed by atoms with Crippen molar-refractivity contribution in [3.05, 3.63) is 65.6 Å². The molecule has 2 aromatic carbocycles. The lowest BCUT2D eigenvalue weighted by Gasteiger charge is -2.28. The number of nitriles is 1. The largest absolute Gasteiger partial charge is 0.350 e. The monoisotopic (exact) mass is 487 g/mol. The Bertz CT molecular complexity index is 1420. The second kappa shape index (κ2) is 8.79. The highest BCUT2D eigenvalue weighted by molar-refractivity contribution is 6.07. The number of aromatic nitrogens is 1. The predicted octanol–water partition coefficient (Wildman–Crippen LogP) is 3.47. The third kappa shape index (κ3) is 3.79. The topological polar surface area (TPSA) is 118 Å².